The van der Waals surface area contributed by atoms with Gasteiger partial charge in [0.2, 0.25) is 0 Å². The molecule has 1 fully saturated rings. The summed E-state index contributed by atoms with van der Waals surface area (Å²) in [7, 11) is 0. The van der Waals surface area contributed by atoms with Crippen LogP contribution in [0.1, 0.15) is 28.8 Å². The molecule has 0 unspecified atom stereocenters. The average Bonchev–Trinajstić information content (AvgIpc) is 3.00. The Labute approximate surface area is 157 Å². The fraction of sp³-hybridized carbons (Fsp3) is 0.412. The number of thiazole rings is 1. The molecular formula is C17H15ClF3N3OS. The van der Waals surface area contributed by atoms with Crippen LogP contribution in [0.5, 0.6) is 0 Å². The Kier molecular flexibility index (Phi) is 5.42. The number of ether oxygens (including phenoxy) is 1. The van der Waals surface area contributed by atoms with E-state index >= 15 is 0 Å². The zero-order valence-corrected chi connectivity index (χ0v) is 15.1. The van der Waals surface area contributed by atoms with E-state index in [1.807, 2.05) is 6.07 Å². The number of aromatic nitrogens is 1. The lowest BCUT2D eigenvalue weighted by Crippen LogP contribution is -2.40. The number of nitriles is 1. The quantitative estimate of drug-likeness (QED) is 0.795. The lowest BCUT2D eigenvalue weighted by Gasteiger charge is -2.38. The highest BCUT2D eigenvalue weighted by Crippen LogP contribution is 2.39. The summed E-state index contributed by atoms with van der Waals surface area (Å²) in [6, 6.07) is 7.40. The highest BCUT2D eigenvalue weighted by Gasteiger charge is 2.37. The molecule has 0 bridgehead atoms. The third-order valence-corrected chi connectivity index (χ3v) is 5.82. The van der Waals surface area contributed by atoms with Crippen molar-refractivity contribution in [3.05, 3.63) is 45.4 Å². The fourth-order valence-corrected chi connectivity index (χ4v) is 3.99. The summed E-state index contributed by atoms with van der Waals surface area (Å²) in [5, 5.41) is 12.7. The molecule has 1 aromatic carbocycles. The molecule has 138 valence electrons. The number of nitrogens with one attached hydrogen (secondary N) is 1. The SMILES string of the molecule is N#Cc1sc(NCC2(c3cccc(C(F)(F)F)c3)CCOCC2)nc1Cl. The van der Waals surface area contributed by atoms with Crippen molar-refractivity contribution in [2.24, 2.45) is 0 Å². The van der Waals surface area contributed by atoms with E-state index in [1.54, 1.807) is 6.07 Å². The van der Waals surface area contributed by atoms with Crippen molar-refractivity contribution in [2.45, 2.75) is 24.4 Å². The van der Waals surface area contributed by atoms with Gasteiger partial charge >= 0.3 is 6.18 Å². The smallest absolute Gasteiger partial charge is 0.381 e. The minimum absolute atomic E-state index is 0.125. The van der Waals surface area contributed by atoms with Gasteiger partial charge in [0.1, 0.15) is 10.9 Å². The van der Waals surface area contributed by atoms with Crippen molar-refractivity contribution in [1.82, 2.24) is 4.98 Å². The van der Waals surface area contributed by atoms with Crippen LogP contribution in [0.25, 0.3) is 0 Å². The van der Waals surface area contributed by atoms with Crippen molar-refractivity contribution in [3.63, 3.8) is 0 Å². The van der Waals surface area contributed by atoms with Gasteiger partial charge in [-0.15, -0.1) is 0 Å². The number of anilines is 1. The van der Waals surface area contributed by atoms with Gasteiger partial charge < -0.3 is 10.1 Å². The summed E-state index contributed by atoms with van der Waals surface area (Å²) in [6.45, 7) is 1.33. The lowest BCUT2D eigenvalue weighted by molar-refractivity contribution is -0.137. The molecule has 0 atom stereocenters. The normalized spacial score (nSPS) is 16.9. The van der Waals surface area contributed by atoms with Gasteiger partial charge in [0, 0.05) is 25.2 Å². The van der Waals surface area contributed by atoms with E-state index in [2.05, 4.69) is 10.3 Å². The van der Waals surface area contributed by atoms with Crippen LogP contribution >= 0.6 is 22.9 Å². The van der Waals surface area contributed by atoms with Gasteiger partial charge in [-0.3, -0.25) is 0 Å². The minimum atomic E-state index is -4.39. The molecule has 2 aromatic rings. The Bertz CT molecular complexity index is 825. The van der Waals surface area contributed by atoms with Crippen molar-refractivity contribution in [1.29, 1.82) is 5.26 Å². The number of alkyl halides is 3. The number of benzene rings is 1. The van der Waals surface area contributed by atoms with E-state index in [4.69, 9.17) is 21.6 Å². The van der Waals surface area contributed by atoms with Crippen LogP contribution in [-0.2, 0) is 16.3 Å². The van der Waals surface area contributed by atoms with Crippen molar-refractivity contribution < 1.29 is 17.9 Å². The first-order valence-electron chi connectivity index (χ1n) is 7.90. The van der Waals surface area contributed by atoms with Crippen molar-refractivity contribution >= 4 is 28.1 Å². The second-order valence-electron chi connectivity index (χ2n) is 6.08. The summed E-state index contributed by atoms with van der Waals surface area (Å²) in [5.41, 5.74) is -0.555. The van der Waals surface area contributed by atoms with Crippen LogP contribution in [0.15, 0.2) is 24.3 Å². The van der Waals surface area contributed by atoms with Gasteiger partial charge in [0.15, 0.2) is 10.3 Å². The third kappa shape index (κ3) is 3.95. The predicted molar refractivity (Wildman–Crippen MR) is 93.5 cm³/mol. The zero-order chi connectivity index (χ0) is 18.8. The molecule has 1 aliphatic rings. The monoisotopic (exact) mass is 401 g/mol. The molecule has 1 saturated heterocycles. The molecule has 3 rings (SSSR count). The number of nitrogens with zero attached hydrogens (tertiary/aromatic N) is 2. The van der Waals surface area contributed by atoms with Gasteiger partial charge in [0.25, 0.3) is 0 Å². The molecule has 1 aromatic heterocycles. The highest BCUT2D eigenvalue weighted by atomic mass is 35.5. The second-order valence-corrected chi connectivity index (χ2v) is 7.43. The Hall–Kier alpha value is -1.82. The van der Waals surface area contributed by atoms with Gasteiger partial charge in [-0.05, 0) is 24.5 Å². The number of hydrogen-bond donors (Lipinski definition) is 1. The average molecular weight is 402 g/mol. The topological polar surface area (TPSA) is 57.9 Å². The first-order chi connectivity index (χ1) is 12.3. The maximum Gasteiger partial charge on any atom is 0.416 e. The summed E-state index contributed by atoms with van der Waals surface area (Å²) >= 11 is 7.00. The fourth-order valence-electron chi connectivity index (χ4n) is 3.05. The molecule has 26 heavy (non-hydrogen) atoms. The van der Waals surface area contributed by atoms with Crippen LogP contribution in [0.4, 0.5) is 18.3 Å². The Morgan fingerprint density at radius 1 is 1.35 bits per heavy atom. The molecule has 0 aliphatic carbocycles. The van der Waals surface area contributed by atoms with E-state index in [9.17, 15) is 13.2 Å². The largest absolute Gasteiger partial charge is 0.416 e. The zero-order valence-electron chi connectivity index (χ0n) is 13.6. The molecule has 1 aliphatic heterocycles. The maximum atomic E-state index is 13.1. The molecule has 0 spiro atoms. The summed E-state index contributed by atoms with van der Waals surface area (Å²) in [4.78, 5) is 4.39. The van der Waals surface area contributed by atoms with Crippen LogP contribution in [-0.4, -0.2) is 24.7 Å². The van der Waals surface area contributed by atoms with Gasteiger partial charge in [-0.1, -0.05) is 41.1 Å². The van der Waals surface area contributed by atoms with Gasteiger partial charge in [0.05, 0.1) is 5.56 Å². The highest BCUT2D eigenvalue weighted by molar-refractivity contribution is 7.16. The molecule has 1 N–H and O–H groups in total. The van der Waals surface area contributed by atoms with E-state index < -0.39 is 17.2 Å². The van der Waals surface area contributed by atoms with Crippen LogP contribution in [0, 0.1) is 11.3 Å². The first kappa shape index (κ1) is 19.0. The Balaban J connectivity index is 1.88. The van der Waals surface area contributed by atoms with E-state index in [-0.39, 0.29) is 5.15 Å². The molecular weight excluding hydrogens is 387 g/mol. The molecule has 9 heteroatoms. The van der Waals surface area contributed by atoms with Crippen LogP contribution in [0.3, 0.4) is 0 Å². The van der Waals surface area contributed by atoms with E-state index in [0.717, 1.165) is 17.4 Å². The summed E-state index contributed by atoms with van der Waals surface area (Å²) < 4.78 is 44.7. The molecule has 0 radical (unpaired) electrons. The molecule has 2 heterocycles. The summed E-state index contributed by atoms with van der Waals surface area (Å²) in [5.74, 6) is 0. The third-order valence-electron chi connectivity index (χ3n) is 4.52. The lowest BCUT2D eigenvalue weighted by atomic mass is 9.73. The predicted octanol–water partition coefficient (Wildman–Crippen LogP) is 4.85. The maximum absolute atomic E-state index is 13.1. The minimum Gasteiger partial charge on any atom is -0.381 e. The Morgan fingerprint density at radius 2 is 2.08 bits per heavy atom. The van der Waals surface area contributed by atoms with Gasteiger partial charge in [-0.2, -0.15) is 18.4 Å². The van der Waals surface area contributed by atoms with Gasteiger partial charge in [-0.25, -0.2) is 4.98 Å². The summed E-state index contributed by atoms with van der Waals surface area (Å²) in [6.07, 6.45) is -3.21. The second kappa shape index (κ2) is 7.43. The van der Waals surface area contributed by atoms with Crippen LogP contribution in [0.2, 0.25) is 5.15 Å². The first-order valence-corrected chi connectivity index (χ1v) is 9.09. The van der Waals surface area contributed by atoms with Crippen molar-refractivity contribution in [2.75, 3.05) is 25.1 Å². The standard InChI is InChI=1S/C17H15ClF3N3OS/c18-14-13(9-22)26-15(24-14)23-10-16(4-6-25-7-5-16)11-2-1-3-12(8-11)17(19,20)21/h1-3,8H,4-7,10H2,(H,23,24). The number of halogens is 4. The number of hydrogen-bond acceptors (Lipinski definition) is 5. The molecule has 0 saturated carbocycles. The van der Waals surface area contributed by atoms with E-state index in [0.29, 0.717) is 48.2 Å². The Morgan fingerprint density at radius 3 is 2.69 bits per heavy atom. The van der Waals surface area contributed by atoms with Crippen LogP contribution < -0.4 is 5.32 Å². The number of rotatable bonds is 4. The molecule has 4 nitrogen and oxygen atoms in total. The molecule has 0 amide bonds. The van der Waals surface area contributed by atoms with Crippen molar-refractivity contribution in [3.8, 4) is 6.07 Å². The van der Waals surface area contributed by atoms with E-state index in [1.165, 1.54) is 12.1 Å².